The molecule has 0 atom stereocenters. The Bertz CT molecular complexity index is 1210. The van der Waals surface area contributed by atoms with Crippen LogP contribution >= 0.6 is 46.3 Å². The lowest BCUT2D eigenvalue weighted by molar-refractivity contribution is 0.731. The van der Waals surface area contributed by atoms with Gasteiger partial charge in [0.25, 0.3) is 0 Å². The number of aryl methyl sites for hydroxylation is 2. The zero-order valence-corrected chi connectivity index (χ0v) is 20.4. The van der Waals surface area contributed by atoms with E-state index in [1.807, 2.05) is 24.3 Å². The van der Waals surface area contributed by atoms with E-state index in [1.165, 1.54) is 21.6 Å². The highest BCUT2D eigenvalue weighted by Gasteiger charge is 2.20. The smallest absolute Gasteiger partial charge is 0.192 e. The first kappa shape index (κ1) is 22.2. The Morgan fingerprint density at radius 3 is 2.45 bits per heavy atom. The van der Waals surface area contributed by atoms with E-state index in [9.17, 15) is 0 Å². The minimum Gasteiger partial charge on any atom is -0.298 e. The number of hydrogen-bond acceptors (Lipinski definition) is 4. The van der Waals surface area contributed by atoms with Crippen molar-refractivity contribution in [2.75, 3.05) is 0 Å². The molecule has 0 aliphatic rings. The predicted molar refractivity (Wildman–Crippen MR) is 134 cm³/mol. The number of nitrogens with zero attached hydrogens (tertiary/aromatic N) is 3. The van der Waals surface area contributed by atoms with Gasteiger partial charge in [0.15, 0.2) is 11.0 Å². The third-order valence-electron chi connectivity index (χ3n) is 4.99. The summed E-state index contributed by atoms with van der Waals surface area (Å²) in [6.45, 7) is 8.79. The average molecular weight is 486 g/mol. The maximum Gasteiger partial charge on any atom is 0.192 e. The summed E-state index contributed by atoms with van der Waals surface area (Å²) in [5.41, 5.74) is 5.61. The van der Waals surface area contributed by atoms with Crippen LogP contribution in [0, 0.1) is 13.8 Å². The van der Waals surface area contributed by atoms with Gasteiger partial charge >= 0.3 is 0 Å². The van der Waals surface area contributed by atoms with Crippen LogP contribution in [0.3, 0.4) is 0 Å². The number of allylic oxidation sites excluding steroid dienone is 1. The Kier molecular flexibility index (Phi) is 6.87. The van der Waals surface area contributed by atoms with E-state index in [1.54, 1.807) is 23.1 Å². The minimum atomic E-state index is 0.612. The molecule has 4 aromatic rings. The van der Waals surface area contributed by atoms with Gasteiger partial charge in [0.1, 0.15) is 0 Å². The summed E-state index contributed by atoms with van der Waals surface area (Å²) < 4.78 is 2.10. The highest BCUT2D eigenvalue weighted by molar-refractivity contribution is 7.98. The predicted octanol–water partition coefficient (Wildman–Crippen LogP) is 8.08. The molecule has 0 bridgehead atoms. The average Bonchev–Trinajstić information content (AvgIpc) is 3.32. The monoisotopic (exact) mass is 485 g/mol. The Hall–Kier alpha value is -2.05. The van der Waals surface area contributed by atoms with Crippen LogP contribution in [-0.4, -0.2) is 14.8 Å². The second-order valence-corrected chi connectivity index (χ2v) is 9.98. The van der Waals surface area contributed by atoms with Crippen molar-refractivity contribution in [3.8, 4) is 22.5 Å². The van der Waals surface area contributed by atoms with Crippen molar-refractivity contribution in [2.45, 2.75) is 31.3 Å². The molecule has 0 spiro atoms. The molecule has 0 saturated heterocycles. The third-order valence-corrected chi connectivity index (χ3v) is 7.60. The number of aromatic nitrogens is 3. The molecule has 3 nitrogen and oxygen atoms in total. The second kappa shape index (κ2) is 9.61. The molecule has 7 heteroatoms. The largest absolute Gasteiger partial charge is 0.298 e. The maximum atomic E-state index is 6.34. The lowest BCUT2D eigenvalue weighted by Gasteiger charge is -2.11. The normalized spacial score (nSPS) is 11.1. The molecule has 2 aromatic carbocycles. The van der Waals surface area contributed by atoms with Gasteiger partial charge in [-0.15, -0.1) is 28.1 Å². The fraction of sp³-hybridized carbons (Fsp3) is 0.167. The van der Waals surface area contributed by atoms with Gasteiger partial charge in [-0.3, -0.25) is 4.57 Å². The van der Waals surface area contributed by atoms with Crippen LogP contribution in [0.15, 0.2) is 65.7 Å². The van der Waals surface area contributed by atoms with Gasteiger partial charge in [0.05, 0.1) is 0 Å². The molecule has 0 aliphatic heterocycles. The summed E-state index contributed by atoms with van der Waals surface area (Å²) >= 11 is 16.0. The van der Waals surface area contributed by atoms with Crippen LogP contribution in [0.25, 0.3) is 22.5 Å². The molecular weight excluding hydrogens is 465 g/mol. The van der Waals surface area contributed by atoms with Crippen LogP contribution in [0.2, 0.25) is 10.0 Å². The maximum absolute atomic E-state index is 6.34. The summed E-state index contributed by atoms with van der Waals surface area (Å²) in [6.07, 6.45) is 1.87. The van der Waals surface area contributed by atoms with Crippen molar-refractivity contribution >= 4 is 46.3 Å². The third kappa shape index (κ3) is 4.60. The van der Waals surface area contributed by atoms with Gasteiger partial charge in [-0.05, 0) is 37.1 Å². The summed E-state index contributed by atoms with van der Waals surface area (Å²) in [7, 11) is 0. The van der Waals surface area contributed by atoms with Crippen LogP contribution < -0.4 is 0 Å². The lowest BCUT2D eigenvalue weighted by Crippen LogP contribution is -2.01. The van der Waals surface area contributed by atoms with Crippen molar-refractivity contribution in [2.24, 2.45) is 0 Å². The molecule has 0 saturated carbocycles. The Morgan fingerprint density at radius 1 is 1.06 bits per heavy atom. The molecule has 0 radical (unpaired) electrons. The number of hydrogen-bond donors (Lipinski definition) is 0. The minimum absolute atomic E-state index is 0.612. The molecular formula is C24H21Cl2N3S2. The van der Waals surface area contributed by atoms with Crippen molar-refractivity contribution in [3.05, 3.63) is 86.5 Å². The van der Waals surface area contributed by atoms with E-state index in [4.69, 9.17) is 23.2 Å². The van der Waals surface area contributed by atoms with E-state index in [-0.39, 0.29) is 0 Å². The number of halogens is 2. The molecule has 0 amide bonds. The molecule has 0 fully saturated rings. The fourth-order valence-electron chi connectivity index (χ4n) is 3.39. The first-order valence-electron chi connectivity index (χ1n) is 9.75. The molecule has 158 valence electrons. The number of rotatable bonds is 7. The summed E-state index contributed by atoms with van der Waals surface area (Å²) in [5.74, 6) is 1.45. The van der Waals surface area contributed by atoms with Gasteiger partial charge in [0, 0.05) is 43.7 Å². The SMILES string of the molecule is C=CCn1c(SCc2c(Cl)cccc2Cl)nnc1-c1csc(C)c1-c1ccc(C)cc1. The van der Waals surface area contributed by atoms with Crippen LogP contribution in [0.1, 0.15) is 16.0 Å². The standard InChI is InChI=1S/C24H21Cl2N3S2/c1-4-12-29-23(19-14-30-16(3)22(19)17-10-8-15(2)9-11-17)27-28-24(29)31-13-18-20(25)6-5-7-21(18)26/h4-11,14H,1,12-13H2,2-3H3. The zero-order chi connectivity index (χ0) is 22.0. The highest BCUT2D eigenvalue weighted by Crippen LogP contribution is 2.40. The molecule has 2 aromatic heterocycles. The van der Waals surface area contributed by atoms with Crippen molar-refractivity contribution in [1.82, 2.24) is 14.8 Å². The van der Waals surface area contributed by atoms with Gasteiger partial charge in [-0.1, -0.05) is 76.9 Å². The molecule has 0 aliphatic carbocycles. The number of thiophene rings is 1. The van der Waals surface area contributed by atoms with E-state index in [2.05, 4.69) is 64.8 Å². The Labute approximate surface area is 200 Å². The molecule has 2 heterocycles. The topological polar surface area (TPSA) is 30.7 Å². The Morgan fingerprint density at radius 2 is 1.77 bits per heavy atom. The van der Waals surface area contributed by atoms with Crippen molar-refractivity contribution in [1.29, 1.82) is 0 Å². The summed E-state index contributed by atoms with van der Waals surface area (Å²) in [6, 6.07) is 14.2. The molecule has 0 N–H and O–H groups in total. The number of benzene rings is 2. The molecule has 0 unspecified atom stereocenters. The van der Waals surface area contributed by atoms with Gasteiger partial charge in [-0.2, -0.15) is 0 Å². The van der Waals surface area contributed by atoms with E-state index in [0.29, 0.717) is 22.3 Å². The second-order valence-electron chi connectivity index (χ2n) is 7.14. The lowest BCUT2D eigenvalue weighted by atomic mass is 10.0. The van der Waals surface area contributed by atoms with E-state index in [0.717, 1.165) is 22.1 Å². The summed E-state index contributed by atoms with van der Waals surface area (Å²) in [4.78, 5) is 1.25. The quantitative estimate of drug-likeness (QED) is 0.195. The first-order chi connectivity index (χ1) is 15.0. The van der Waals surface area contributed by atoms with Crippen LogP contribution in [0.4, 0.5) is 0 Å². The first-order valence-corrected chi connectivity index (χ1v) is 12.4. The molecule has 31 heavy (non-hydrogen) atoms. The highest BCUT2D eigenvalue weighted by atomic mass is 35.5. The Balaban J connectivity index is 1.72. The van der Waals surface area contributed by atoms with Gasteiger partial charge < -0.3 is 0 Å². The zero-order valence-electron chi connectivity index (χ0n) is 17.2. The fourth-order valence-corrected chi connectivity index (χ4v) is 5.95. The van der Waals surface area contributed by atoms with Gasteiger partial charge in [-0.25, -0.2) is 0 Å². The van der Waals surface area contributed by atoms with Gasteiger partial charge in [0.2, 0.25) is 0 Å². The van der Waals surface area contributed by atoms with E-state index >= 15 is 0 Å². The summed E-state index contributed by atoms with van der Waals surface area (Å²) in [5, 5.41) is 13.3. The van der Waals surface area contributed by atoms with Crippen molar-refractivity contribution < 1.29 is 0 Å². The van der Waals surface area contributed by atoms with Crippen molar-refractivity contribution in [3.63, 3.8) is 0 Å². The van der Waals surface area contributed by atoms with Crippen LogP contribution in [0.5, 0.6) is 0 Å². The molecule has 4 rings (SSSR count). The number of thioether (sulfide) groups is 1. The van der Waals surface area contributed by atoms with E-state index < -0.39 is 0 Å². The van der Waals surface area contributed by atoms with Crippen LogP contribution in [-0.2, 0) is 12.3 Å².